The standard InChI is InChI=1S/C30H29ClF3N5O2/c1-3-26(27-36-25-10-5-4-9-24(25)28(40)39(27)23-13-11-21(31)12-14-23)37-15-16-38(19(2)18-37)29(41)35-22-8-6-7-20(17-22)30(32,33)34/h4-14,17,19,26H,3,15-16,18H2,1-2H3,(H,35,41). The first-order valence-electron chi connectivity index (χ1n) is 13.3. The number of benzene rings is 3. The summed E-state index contributed by atoms with van der Waals surface area (Å²) in [6.07, 6.45) is -3.85. The molecule has 3 aromatic carbocycles. The predicted molar refractivity (Wildman–Crippen MR) is 154 cm³/mol. The molecule has 7 nitrogen and oxygen atoms in total. The topological polar surface area (TPSA) is 70.5 Å². The monoisotopic (exact) mass is 583 g/mol. The highest BCUT2D eigenvalue weighted by Gasteiger charge is 2.34. The van der Waals surface area contributed by atoms with Crippen LogP contribution < -0.4 is 10.9 Å². The van der Waals surface area contributed by atoms with E-state index >= 15 is 0 Å². The van der Waals surface area contributed by atoms with Gasteiger partial charge >= 0.3 is 12.2 Å². The van der Waals surface area contributed by atoms with Crippen LogP contribution in [0, 0.1) is 0 Å². The molecule has 214 valence electrons. The molecule has 1 saturated heterocycles. The lowest BCUT2D eigenvalue weighted by Gasteiger charge is -2.43. The van der Waals surface area contributed by atoms with Gasteiger partial charge in [-0.05, 0) is 67.9 Å². The van der Waals surface area contributed by atoms with Gasteiger partial charge < -0.3 is 10.2 Å². The van der Waals surface area contributed by atoms with Crippen molar-refractivity contribution >= 4 is 34.2 Å². The number of fused-ring (bicyclic) bond motifs is 1. The Hall–Kier alpha value is -3.89. The quantitative estimate of drug-likeness (QED) is 0.282. The summed E-state index contributed by atoms with van der Waals surface area (Å²) in [4.78, 5) is 35.6. The maximum absolute atomic E-state index is 13.7. The highest BCUT2D eigenvalue weighted by molar-refractivity contribution is 6.30. The van der Waals surface area contributed by atoms with Crippen LogP contribution in [0.15, 0.2) is 77.6 Å². The molecule has 1 fully saturated rings. The fourth-order valence-corrected chi connectivity index (χ4v) is 5.48. The van der Waals surface area contributed by atoms with E-state index in [1.54, 1.807) is 45.9 Å². The Labute approximate surface area is 240 Å². The Morgan fingerprint density at radius 1 is 1.07 bits per heavy atom. The van der Waals surface area contributed by atoms with Gasteiger partial charge in [0, 0.05) is 36.4 Å². The lowest BCUT2D eigenvalue weighted by molar-refractivity contribution is -0.137. The lowest BCUT2D eigenvalue weighted by atomic mass is 10.1. The van der Waals surface area contributed by atoms with Crippen molar-refractivity contribution in [2.75, 3.05) is 25.0 Å². The molecule has 1 aromatic heterocycles. The van der Waals surface area contributed by atoms with E-state index in [0.29, 0.717) is 53.5 Å². The van der Waals surface area contributed by atoms with Crippen molar-refractivity contribution in [2.24, 2.45) is 0 Å². The van der Waals surface area contributed by atoms with Gasteiger partial charge in [-0.2, -0.15) is 13.2 Å². The van der Waals surface area contributed by atoms with Gasteiger partial charge in [-0.15, -0.1) is 0 Å². The average Bonchev–Trinajstić information content (AvgIpc) is 2.94. The molecular weight excluding hydrogens is 555 g/mol. The van der Waals surface area contributed by atoms with Crippen molar-refractivity contribution in [1.29, 1.82) is 0 Å². The van der Waals surface area contributed by atoms with Gasteiger partial charge in [-0.25, -0.2) is 9.78 Å². The molecule has 0 bridgehead atoms. The van der Waals surface area contributed by atoms with Crippen LogP contribution in [0.1, 0.15) is 37.7 Å². The average molecular weight is 584 g/mol. The summed E-state index contributed by atoms with van der Waals surface area (Å²) >= 11 is 6.12. The minimum absolute atomic E-state index is 0.0817. The van der Waals surface area contributed by atoms with Crippen molar-refractivity contribution in [1.82, 2.24) is 19.4 Å². The summed E-state index contributed by atoms with van der Waals surface area (Å²) in [5.41, 5.74) is 0.326. The Bertz CT molecular complexity index is 1620. The van der Waals surface area contributed by atoms with E-state index in [-0.39, 0.29) is 23.3 Å². The molecule has 4 aromatic rings. The minimum atomic E-state index is -4.50. The Balaban J connectivity index is 1.41. The number of nitrogens with zero attached hydrogens (tertiary/aromatic N) is 4. The molecule has 11 heteroatoms. The highest BCUT2D eigenvalue weighted by atomic mass is 35.5. The number of amides is 2. The second-order valence-electron chi connectivity index (χ2n) is 10.1. The van der Waals surface area contributed by atoms with Crippen LogP contribution in [0.4, 0.5) is 23.7 Å². The number of carbonyl (C=O) groups is 1. The van der Waals surface area contributed by atoms with Crippen LogP contribution in [0.5, 0.6) is 0 Å². The normalized spacial score (nSPS) is 17.0. The van der Waals surface area contributed by atoms with E-state index < -0.39 is 17.8 Å². The van der Waals surface area contributed by atoms with Crippen LogP contribution in [-0.2, 0) is 6.18 Å². The minimum Gasteiger partial charge on any atom is -0.319 e. The number of halogens is 4. The summed E-state index contributed by atoms with van der Waals surface area (Å²) in [5, 5.41) is 3.67. The number of hydrogen-bond acceptors (Lipinski definition) is 4. The lowest BCUT2D eigenvalue weighted by Crippen LogP contribution is -2.56. The molecule has 2 amide bonds. The molecule has 0 radical (unpaired) electrons. The smallest absolute Gasteiger partial charge is 0.319 e. The maximum atomic E-state index is 13.7. The summed E-state index contributed by atoms with van der Waals surface area (Å²) in [5.74, 6) is 0.590. The number of carbonyl (C=O) groups excluding carboxylic acids is 1. The highest BCUT2D eigenvalue weighted by Crippen LogP contribution is 2.31. The molecule has 5 rings (SSSR count). The van der Waals surface area contributed by atoms with Gasteiger partial charge in [0.05, 0.1) is 28.2 Å². The second-order valence-corrected chi connectivity index (χ2v) is 10.5. The number of aromatic nitrogens is 2. The van der Waals surface area contributed by atoms with Crippen LogP contribution >= 0.6 is 11.6 Å². The zero-order valence-corrected chi connectivity index (χ0v) is 23.3. The van der Waals surface area contributed by atoms with E-state index in [0.717, 1.165) is 12.1 Å². The number of nitrogens with one attached hydrogen (secondary N) is 1. The Morgan fingerprint density at radius 3 is 2.49 bits per heavy atom. The molecule has 0 saturated carbocycles. The van der Waals surface area contributed by atoms with Gasteiger partial charge in [0.15, 0.2) is 0 Å². The molecule has 2 heterocycles. The molecule has 2 unspecified atom stereocenters. The first-order chi connectivity index (χ1) is 19.6. The zero-order chi connectivity index (χ0) is 29.3. The van der Waals surface area contributed by atoms with Crippen LogP contribution in [-0.4, -0.2) is 51.1 Å². The van der Waals surface area contributed by atoms with Gasteiger partial charge in [0.25, 0.3) is 5.56 Å². The van der Waals surface area contributed by atoms with E-state index in [9.17, 15) is 22.8 Å². The fourth-order valence-electron chi connectivity index (χ4n) is 5.36. The summed E-state index contributed by atoms with van der Waals surface area (Å²) < 4.78 is 41.0. The molecule has 1 aliphatic heterocycles. The SMILES string of the molecule is CCC(c1nc2ccccc2c(=O)n1-c1ccc(Cl)cc1)N1CCN(C(=O)Nc2cccc(C(F)(F)F)c2)C(C)C1. The van der Waals surface area contributed by atoms with Crippen LogP contribution in [0.2, 0.25) is 5.02 Å². The molecule has 2 atom stereocenters. The van der Waals surface area contributed by atoms with E-state index in [4.69, 9.17) is 16.6 Å². The number of anilines is 1. The van der Waals surface area contributed by atoms with Gasteiger partial charge in [0.1, 0.15) is 5.82 Å². The predicted octanol–water partition coefficient (Wildman–Crippen LogP) is 6.75. The third-order valence-corrected chi connectivity index (χ3v) is 7.62. The van der Waals surface area contributed by atoms with Crippen molar-refractivity contribution in [3.05, 3.63) is 99.6 Å². The van der Waals surface area contributed by atoms with E-state index in [1.807, 2.05) is 26.0 Å². The largest absolute Gasteiger partial charge is 0.416 e. The van der Waals surface area contributed by atoms with Gasteiger partial charge in [-0.1, -0.05) is 36.7 Å². The van der Waals surface area contributed by atoms with Crippen molar-refractivity contribution in [2.45, 2.75) is 38.5 Å². The molecule has 1 N–H and O–H groups in total. The fraction of sp³-hybridized carbons (Fsp3) is 0.300. The molecule has 41 heavy (non-hydrogen) atoms. The first-order valence-corrected chi connectivity index (χ1v) is 13.7. The number of urea groups is 1. The van der Waals surface area contributed by atoms with Crippen molar-refractivity contribution < 1.29 is 18.0 Å². The Kier molecular flexibility index (Phi) is 8.06. The van der Waals surface area contributed by atoms with E-state index in [2.05, 4.69) is 10.2 Å². The second kappa shape index (κ2) is 11.5. The van der Waals surface area contributed by atoms with Crippen LogP contribution in [0.25, 0.3) is 16.6 Å². The number of hydrogen-bond donors (Lipinski definition) is 1. The third-order valence-electron chi connectivity index (χ3n) is 7.37. The van der Waals surface area contributed by atoms with Gasteiger partial charge in [0.2, 0.25) is 0 Å². The number of piperazine rings is 1. The first kappa shape index (κ1) is 28.6. The summed E-state index contributed by atoms with van der Waals surface area (Å²) in [6.45, 7) is 5.24. The van der Waals surface area contributed by atoms with Gasteiger partial charge in [-0.3, -0.25) is 14.3 Å². The third kappa shape index (κ3) is 5.94. The van der Waals surface area contributed by atoms with Crippen molar-refractivity contribution in [3.63, 3.8) is 0 Å². The zero-order valence-electron chi connectivity index (χ0n) is 22.5. The Morgan fingerprint density at radius 2 is 1.80 bits per heavy atom. The van der Waals surface area contributed by atoms with E-state index in [1.165, 1.54) is 12.1 Å². The number of para-hydroxylation sites is 1. The molecule has 0 aliphatic carbocycles. The summed E-state index contributed by atoms with van der Waals surface area (Å²) in [7, 11) is 0. The van der Waals surface area contributed by atoms with Crippen molar-refractivity contribution in [3.8, 4) is 5.69 Å². The summed E-state index contributed by atoms with van der Waals surface area (Å²) in [6, 6.07) is 17.9. The van der Waals surface area contributed by atoms with Crippen LogP contribution in [0.3, 0.4) is 0 Å². The molecule has 1 aliphatic rings. The molecular formula is C30H29ClF3N5O2. The molecule has 0 spiro atoms. The number of rotatable bonds is 5. The number of alkyl halides is 3. The maximum Gasteiger partial charge on any atom is 0.416 e.